The first-order valence-electron chi connectivity index (χ1n) is 15.1. The second-order valence-corrected chi connectivity index (χ2v) is 11.8. The third-order valence-electron chi connectivity index (χ3n) is 8.76. The molecular formula is C35H37N3O6. The number of carbonyl (C=O) groups is 3. The molecule has 3 aromatic carbocycles. The Morgan fingerprint density at radius 3 is 2.43 bits per heavy atom. The van der Waals surface area contributed by atoms with E-state index in [0.717, 1.165) is 16.7 Å². The molecule has 3 aliphatic rings. The predicted octanol–water partition coefficient (Wildman–Crippen LogP) is 3.43. The zero-order chi connectivity index (χ0) is 30.5. The van der Waals surface area contributed by atoms with Crippen molar-refractivity contribution < 1.29 is 29.0 Å². The summed E-state index contributed by atoms with van der Waals surface area (Å²) in [5.41, 5.74) is 2.59. The lowest BCUT2D eigenvalue weighted by Crippen LogP contribution is -2.55. The number of alkyl carbamates (subject to hydrolysis) is 1. The maximum Gasteiger partial charge on any atom is 0.407 e. The molecule has 0 bridgehead atoms. The van der Waals surface area contributed by atoms with Crippen LogP contribution in [-0.2, 0) is 27.1 Å². The summed E-state index contributed by atoms with van der Waals surface area (Å²) in [6.45, 7) is 1.18. The van der Waals surface area contributed by atoms with E-state index in [1.54, 1.807) is 12.3 Å². The monoisotopic (exact) mass is 595 g/mol. The molecule has 0 unspecified atom stereocenters. The van der Waals surface area contributed by atoms with Crippen molar-refractivity contribution in [1.82, 2.24) is 16.0 Å². The van der Waals surface area contributed by atoms with Crippen LogP contribution in [0.4, 0.5) is 4.79 Å². The van der Waals surface area contributed by atoms with Crippen molar-refractivity contribution in [3.63, 3.8) is 0 Å². The van der Waals surface area contributed by atoms with Gasteiger partial charge in [-0.25, -0.2) is 4.79 Å². The number of hydrogen-bond acceptors (Lipinski definition) is 7. The van der Waals surface area contributed by atoms with Crippen LogP contribution in [-0.4, -0.2) is 66.4 Å². The minimum absolute atomic E-state index is 0.0335. The third-order valence-corrected chi connectivity index (χ3v) is 8.76. The normalized spacial score (nSPS) is 24.0. The van der Waals surface area contributed by atoms with E-state index in [2.05, 4.69) is 16.0 Å². The second-order valence-electron chi connectivity index (χ2n) is 11.8. The Morgan fingerprint density at radius 1 is 1.00 bits per heavy atom. The number of carbonyl (C=O) groups excluding carboxylic acids is 3. The van der Waals surface area contributed by atoms with Crippen LogP contribution in [0.2, 0.25) is 0 Å². The molecule has 3 aromatic rings. The standard InChI is InChI=1S/C35H37N3O6/c39-31(30(17-23-9-3-1-4-10-23)38-34(42)44-25-15-16-43-22-25)19-35(18-24-11-5-2-6-12-24)32(40)29(21-37-35)28-20-36-33(41)27-14-8-7-13-26(27)28/h1-14,21,25,28,30-31,37,39H,15-20,22H2,(H,36,41)(H,38,42)/t25-,28+,30-,31-,35-/m0/s1. The largest absolute Gasteiger partial charge is 0.444 e. The van der Waals surface area contributed by atoms with Gasteiger partial charge < -0.3 is 30.5 Å². The number of ether oxygens (including phenoxy) is 2. The van der Waals surface area contributed by atoms with E-state index in [0.29, 0.717) is 50.2 Å². The van der Waals surface area contributed by atoms with Crippen LogP contribution in [0.15, 0.2) is 96.7 Å². The van der Waals surface area contributed by atoms with E-state index in [-0.39, 0.29) is 30.1 Å². The van der Waals surface area contributed by atoms with Crippen LogP contribution in [0.25, 0.3) is 0 Å². The van der Waals surface area contributed by atoms with Gasteiger partial charge >= 0.3 is 6.09 Å². The summed E-state index contributed by atoms with van der Waals surface area (Å²) in [4.78, 5) is 40.0. The number of aliphatic hydroxyl groups is 1. The molecule has 4 N–H and O–H groups in total. The molecule has 1 saturated heterocycles. The summed E-state index contributed by atoms with van der Waals surface area (Å²) in [5, 5.41) is 21.0. The average Bonchev–Trinajstić information content (AvgIpc) is 3.66. The Kier molecular flexibility index (Phi) is 8.77. The molecular weight excluding hydrogens is 558 g/mol. The summed E-state index contributed by atoms with van der Waals surface area (Å²) >= 11 is 0. The zero-order valence-electron chi connectivity index (χ0n) is 24.4. The van der Waals surface area contributed by atoms with Gasteiger partial charge in [-0.05, 0) is 29.2 Å². The molecule has 9 heteroatoms. The highest BCUT2D eigenvalue weighted by molar-refractivity contribution is 6.07. The summed E-state index contributed by atoms with van der Waals surface area (Å²) in [7, 11) is 0. The van der Waals surface area contributed by atoms with Gasteiger partial charge in [0.25, 0.3) is 5.91 Å². The first-order valence-corrected chi connectivity index (χ1v) is 15.1. The molecule has 6 rings (SSSR count). The maximum atomic E-state index is 14.5. The number of Topliss-reactive ketones (excluding diaryl/α,β-unsaturated/α-hetero) is 1. The van der Waals surface area contributed by atoms with Crippen molar-refractivity contribution in [3.8, 4) is 0 Å². The number of aliphatic hydroxyl groups excluding tert-OH is 1. The van der Waals surface area contributed by atoms with Crippen molar-refractivity contribution in [2.45, 2.75) is 55.4 Å². The van der Waals surface area contributed by atoms with Crippen LogP contribution < -0.4 is 16.0 Å². The minimum atomic E-state index is -1.17. The third kappa shape index (κ3) is 6.39. The molecule has 44 heavy (non-hydrogen) atoms. The Morgan fingerprint density at radius 2 is 1.70 bits per heavy atom. The minimum Gasteiger partial charge on any atom is -0.444 e. The highest BCUT2D eigenvalue weighted by Gasteiger charge is 2.48. The fraction of sp³-hybridized carbons (Fsp3) is 0.343. The summed E-state index contributed by atoms with van der Waals surface area (Å²) in [5.74, 6) is -0.631. The molecule has 0 radical (unpaired) electrons. The van der Waals surface area contributed by atoms with Gasteiger partial charge in [-0.15, -0.1) is 0 Å². The number of fused-ring (bicyclic) bond motifs is 1. The van der Waals surface area contributed by atoms with Crippen LogP contribution in [0.1, 0.15) is 45.8 Å². The average molecular weight is 596 g/mol. The van der Waals surface area contributed by atoms with E-state index in [1.165, 1.54) is 0 Å². The number of benzene rings is 3. The molecule has 3 aliphatic heterocycles. The van der Waals surface area contributed by atoms with Crippen LogP contribution >= 0.6 is 0 Å². The fourth-order valence-electron chi connectivity index (χ4n) is 6.46. The van der Waals surface area contributed by atoms with E-state index in [4.69, 9.17) is 9.47 Å². The van der Waals surface area contributed by atoms with E-state index in [9.17, 15) is 19.5 Å². The molecule has 3 heterocycles. The van der Waals surface area contributed by atoms with Gasteiger partial charge in [-0.2, -0.15) is 0 Å². The number of amides is 2. The lowest BCUT2D eigenvalue weighted by Gasteiger charge is -2.35. The van der Waals surface area contributed by atoms with Gasteiger partial charge in [0.1, 0.15) is 11.6 Å². The van der Waals surface area contributed by atoms with Crippen LogP contribution in [0.3, 0.4) is 0 Å². The van der Waals surface area contributed by atoms with Gasteiger partial charge in [0.05, 0.1) is 25.4 Å². The molecule has 0 aliphatic carbocycles. The first-order chi connectivity index (χ1) is 21.4. The highest BCUT2D eigenvalue weighted by atomic mass is 16.6. The quantitative estimate of drug-likeness (QED) is 0.283. The molecule has 5 atom stereocenters. The molecule has 9 nitrogen and oxygen atoms in total. The first kappa shape index (κ1) is 29.6. The van der Waals surface area contributed by atoms with Gasteiger partial charge in [0, 0.05) is 49.1 Å². The van der Waals surface area contributed by atoms with E-state index >= 15 is 0 Å². The number of rotatable bonds is 10. The van der Waals surface area contributed by atoms with Crippen LogP contribution in [0, 0.1) is 0 Å². The summed E-state index contributed by atoms with van der Waals surface area (Å²) in [6, 6.07) is 25.9. The van der Waals surface area contributed by atoms with E-state index < -0.39 is 23.8 Å². The van der Waals surface area contributed by atoms with Gasteiger partial charge in [0.2, 0.25) is 0 Å². The van der Waals surface area contributed by atoms with Crippen molar-refractivity contribution in [3.05, 3.63) is 119 Å². The second kappa shape index (κ2) is 13.0. The molecule has 2 amide bonds. The number of nitrogens with one attached hydrogen (secondary N) is 3. The van der Waals surface area contributed by atoms with Gasteiger partial charge in [-0.3, -0.25) is 9.59 Å². The molecule has 1 fully saturated rings. The van der Waals surface area contributed by atoms with Gasteiger partial charge in [0.15, 0.2) is 5.78 Å². The van der Waals surface area contributed by atoms with E-state index in [1.807, 2.05) is 78.9 Å². The van der Waals surface area contributed by atoms with Crippen molar-refractivity contribution in [2.75, 3.05) is 19.8 Å². The lowest BCUT2D eigenvalue weighted by molar-refractivity contribution is -0.122. The highest BCUT2D eigenvalue weighted by Crippen LogP contribution is 2.38. The molecule has 228 valence electrons. The SMILES string of the molecule is O=C(N[C@@H](Cc1ccccc1)[C@@H](O)C[C@]1(Cc2ccccc2)NC=C([C@@H]2CNC(=O)c3ccccc32)C1=O)O[C@H]1CCOC1. The van der Waals surface area contributed by atoms with Crippen LogP contribution in [0.5, 0.6) is 0 Å². The summed E-state index contributed by atoms with van der Waals surface area (Å²) in [6.07, 6.45) is 0.999. The smallest absolute Gasteiger partial charge is 0.407 e. The van der Waals surface area contributed by atoms with Crippen molar-refractivity contribution in [2.24, 2.45) is 0 Å². The predicted molar refractivity (Wildman–Crippen MR) is 164 cm³/mol. The Labute approximate surface area is 256 Å². The lowest BCUT2D eigenvalue weighted by atomic mass is 9.75. The van der Waals surface area contributed by atoms with Gasteiger partial charge in [-0.1, -0.05) is 78.9 Å². The zero-order valence-corrected chi connectivity index (χ0v) is 24.4. The number of hydrogen-bond donors (Lipinski definition) is 4. The Bertz CT molecular complexity index is 1520. The molecule has 0 aromatic heterocycles. The maximum absolute atomic E-state index is 14.5. The summed E-state index contributed by atoms with van der Waals surface area (Å²) < 4.78 is 10.9. The fourth-order valence-corrected chi connectivity index (χ4v) is 6.46. The molecule has 0 saturated carbocycles. The Hall–Kier alpha value is -4.47. The van der Waals surface area contributed by atoms with Crippen molar-refractivity contribution in [1.29, 1.82) is 0 Å². The topological polar surface area (TPSA) is 126 Å². The number of ketones is 1. The Balaban J connectivity index is 1.27. The van der Waals surface area contributed by atoms with Crippen molar-refractivity contribution >= 4 is 17.8 Å². The molecule has 0 spiro atoms.